The van der Waals surface area contributed by atoms with Crippen molar-refractivity contribution in [1.29, 1.82) is 5.26 Å². The number of fused-ring (bicyclic) bond motifs is 1. The molecule has 3 aromatic rings. The maximum Gasteiger partial charge on any atom is 0.343 e. The van der Waals surface area contributed by atoms with Crippen LogP contribution in [0.25, 0.3) is 0 Å². The van der Waals surface area contributed by atoms with Gasteiger partial charge in [0.15, 0.2) is 0 Å². The van der Waals surface area contributed by atoms with Gasteiger partial charge in [0, 0.05) is 16.7 Å². The molecule has 1 heterocycles. The second kappa shape index (κ2) is 9.04. The van der Waals surface area contributed by atoms with Gasteiger partial charge in [-0.2, -0.15) is 5.26 Å². The normalized spacial score (nSPS) is 14.7. The van der Waals surface area contributed by atoms with Crippen LogP contribution in [0.1, 0.15) is 34.3 Å². The van der Waals surface area contributed by atoms with Crippen LogP contribution in [0.5, 0.6) is 17.2 Å². The van der Waals surface area contributed by atoms with Crippen molar-refractivity contribution >= 4 is 17.6 Å². The van der Waals surface area contributed by atoms with Gasteiger partial charge in [-0.3, -0.25) is 0 Å². The van der Waals surface area contributed by atoms with Crippen molar-refractivity contribution in [3.05, 3.63) is 99.9 Å². The number of nitrogens with two attached hydrogens (primary N) is 1. The molecule has 160 valence electrons. The number of hydrogen-bond acceptors (Lipinski definition) is 6. The molecule has 7 heteroatoms. The fourth-order valence-electron chi connectivity index (χ4n) is 3.55. The third-order valence-corrected chi connectivity index (χ3v) is 5.36. The summed E-state index contributed by atoms with van der Waals surface area (Å²) in [5.41, 5.74) is 8.12. The summed E-state index contributed by atoms with van der Waals surface area (Å²) in [4.78, 5) is 12.5. The number of allylic oxidation sites excluding steroid dienone is 1. The number of carbonyl (C=O) groups excluding carboxylic acids is 1. The fraction of sp³-hybridized carbons (Fsp3) is 0.120. The van der Waals surface area contributed by atoms with Gasteiger partial charge in [0.1, 0.15) is 28.9 Å². The molecule has 4 rings (SSSR count). The van der Waals surface area contributed by atoms with E-state index in [1.165, 1.54) is 0 Å². The van der Waals surface area contributed by atoms with Crippen LogP contribution >= 0.6 is 11.6 Å². The highest BCUT2D eigenvalue weighted by Gasteiger charge is 2.32. The lowest BCUT2D eigenvalue weighted by molar-refractivity contribution is 0.0734. The van der Waals surface area contributed by atoms with Crippen molar-refractivity contribution in [2.75, 3.05) is 6.61 Å². The van der Waals surface area contributed by atoms with E-state index in [1.807, 2.05) is 25.1 Å². The van der Waals surface area contributed by atoms with Crippen LogP contribution in [0.2, 0.25) is 5.02 Å². The quantitative estimate of drug-likeness (QED) is 0.429. The van der Waals surface area contributed by atoms with E-state index in [0.717, 1.165) is 5.56 Å². The average Bonchev–Trinajstić information content (AvgIpc) is 2.79. The smallest absolute Gasteiger partial charge is 0.343 e. The molecule has 0 saturated carbocycles. The summed E-state index contributed by atoms with van der Waals surface area (Å²) in [6, 6.07) is 21.0. The number of nitrogens with zero attached hydrogens (tertiary/aromatic N) is 1. The van der Waals surface area contributed by atoms with Crippen molar-refractivity contribution in [3.8, 4) is 23.3 Å². The molecular weight excluding hydrogens is 428 g/mol. The van der Waals surface area contributed by atoms with E-state index in [1.54, 1.807) is 48.5 Å². The highest BCUT2D eigenvalue weighted by Crippen LogP contribution is 2.45. The number of benzene rings is 3. The SMILES string of the molecule is CCOc1ccc(C(=O)Oc2ccc3c(c2)OC(N)=C(C#N)C3c2ccccc2Cl)cc1. The van der Waals surface area contributed by atoms with E-state index in [0.29, 0.717) is 34.3 Å². The van der Waals surface area contributed by atoms with Crippen LogP contribution in [0.3, 0.4) is 0 Å². The Bertz CT molecular complexity index is 1250. The van der Waals surface area contributed by atoms with Gasteiger partial charge in [0.2, 0.25) is 5.88 Å². The molecule has 3 aromatic carbocycles. The van der Waals surface area contributed by atoms with Crippen LogP contribution in [0.15, 0.2) is 78.2 Å². The number of nitriles is 1. The number of esters is 1. The van der Waals surface area contributed by atoms with Gasteiger partial charge in [-0.05, 0) is 48.9 Å². The zero-order valence-electron chi connectivity index (χ0n) is 17.2. The largest absolute Gasteiger partial charge is 0.494 e. The number of carbonyl (C=O) groups is 1. The van der Waals surface area contributed by atoms with Gasteiger partial charge < -0.3 is 19.9 Å². The first kappa shape index (κ1) is 21.3. The second-order valence-electron chi connectivity index (χ2n) is 6.99. The van der Waals surface area contributed by atoms with Crippen molar-refractivity contribution in [2.24, 2.45) is 5.73 Å². The Morgan fingerprint density at radius 3 is 2.50 bits per heavy atom. The molecule has 0 amide bonds. The predicted molar refractivity (Wildman–Crippen MR) is 120 cm³/mol. The van der Waals surface area contributed by atoms with Gasteiger partial charge >= 0.3 is 5.97 Å². The number of rotatable bonds is 5. The molecule has 1 aliphatic heterocycles. The lowest BCUT2D eigenvalue weighted by atomic mass is 9.83. The molecule has 2 N–H and O–H groups in total. The van der Waals surface area contributed by atoms with Crippen molar-refractivity contribution in [3.63, 3.8) is 0 Å². The van der Waals surface area contributed by atoms with Crippen LogP contribution in [-0.2, 0) is 0 Å². The predicted octanol–water partition coefficient (Wildman–Crippen LogP) is 5.18. The summed E-state index contributed by atoms with van der Waals surface area (Å²) in [7, 11) is 0. The monoisotopic (exact) mass is 446 g/mol. The van der Waals surface area contributed by atoms with E-state index >= 15 is 0 Å². The molecule has 0 aromatic heterocycles. The van der Waals surface area contributed by atoms with Crippen molar-refractivity contribution in [1.82, 2.24) is 0 Å². The molecule has 0 spiro atoms. The highest BCUT2D eigenvalue weighted by atomic mass is 35.5. The average molecular weight is 447 g/mol. The zero-order chi connectivity index (χ0) is 22.7. The standard InChI is InChI=1S/C25H19ClN2O4/c1-2-30-16-9-7-15(8-10-16)25(29)31-17-11-12-19-22(13-17)32-24(28)20(14-27)23(19)18-5-3-4-6-21(18)26/h3-13,23H,2,28H2,1H3. The Labute approximate surface area is 190 Å². The molecule has 1 aliphatic rings. The minimum absolute atomic E-state index is 0.0140. The summed E-state index contributed by atoms with van der Waals surface area (Å²) < 4.78 is 16.6. The van der Waals surface area contributed by atoms with Gasteiger partial charge in [-0.1, -0.05) is 35.9 Å². The van der Waals surface area contributed by atoms with Crippen molar-refractivity contribution in [2.45, 2.75) is 12.8 Å². The van der Waals surface area contributed by atoms with E-state index in [2.05, 4.69) is 6.07 Å². The van der Waals surface area contributed by atoms with Gasteiger partial charge in [-0.25, -0.2) is 4.79 Å². The summed E-state index contributed by atoms with van der Waals surface area (Å²) in [5.74, 6) is 0.325. The maximum atomic E-state index is 12.5. The van der Waals surface area contributed by atoms with E-state index in [9.17, 15) is 10.1 Å². The molecule has 1 atom stereocenters. The van der Waals surface area contributed by atoms with Crippen LogP contribution in [-0.4, -0.2) is 12.6 Å². The van der Waals surface area contributed by atoms with Crippen LogP contribution < -0.4 is 19.9 Å². The minimum Gasteiger partial charge on any atom is -0.494 e. The third-order valence-electron chi connectivity index (χ3n) is 5.02. The summed E-state index contributed by atoms with van der Waals surface area (Å²) in [6.07, 6.45) is 0. The first-order valence-electron chi connectivity index (χ1n) is 9.92. The minimum atomic E-state index is -0.521. The number of ether oxygens (including phenoxy) is 3. The van der Waals surface area contributed by atoms with Gasteiger partial charge in [0.05, 0.1) is 18.1 Å². The fourth-order valence-corrected chi connectivity index (χ4v) is 3.79. The lowest BCUT2D eigenvalue weighted by Gasteiger charge is -2.27. The topological polar surface area (TPSA) is 94.6 Å². The third kappa shape index (κ3) is 4.11. The van der Waals surface area contributed by atoms with Crippen LogP contribution in [0.4, 0.5) is 0 Å². The zero-order valence-corrected chi connectivity index (χ0v) is 17.9. The lowest BCUT2D eigenvalue weighted by Crippen LogP contribution is -2.21. The molecule has 0 fully saturated rings. The Balaban J connectivity index is 1.64. The molecule has 0 radical (unpaired) electrons. The summed E-state index contributed by atoms with van der Waals surface area (Å²) >= 11 is 6.40. The molecule has 0 bridgehead atoms. The highest BCUT2D eigenvalue weighted by molar-refractivity contribution is 6.31. The first-order chi connectivity index (χ1) is 15.5. The second-order valence-corrected chi connectivity index (χ2v) is 7.40. The maximum absolute atomic E-state index is 12.5. The Hall–Kier alpha value is -3.95. The number of halogens is 1. The molecule has 6 nitrogen and oxygen atoms in total. The Kier molecular flexibility index (Phi) is 6.02. The molecule has 0 aliphatic carbocycles. The first-order valence-corrected chi connectivity index (χ1v) is 10.3. The molecular formula is C25H19ClN2O4. The Morgan fingerprint density at radius 2 is 1.81 bits per heavy atom. The van der Waals surface area contributed by atoms with E-state index in [-0.39, 0.29) is 17.2 Å². The molecule has 0 saturated heterocycles. The molecule has 32 heavy (non-hydrogen) atoms. The van der Waals surface area contributed by atoms with Gasteiger partial charge in [-0.15, -0.1) is 0 Å². The van der Waals surface area contributed by atoms with Crippen LogP contribution in [0, 0.1) is 11.3 Å². The molecule has 1 unspecified atom stereocenters. The van der Waals surface area contributed by atoms with Crippen molar-refractivity contribution < 1.29 is 19.0 Å². The van der Waals surface area contributed by atoms with E-state index < -0.39 is 11.9 Å². The Morgan fingerprint density at radius 1 is 1.09 bits per heavy atom. The number of hydrogen-bond donors (Lipinski definition) is 1. The van der Waals surface area contributed by atoms with Gasteiger partial charge in [0.25, 0.3) is 0 Å². The summed E-state index contributed by atoms with van der Waals surface area (Å²) in [5, 5.41) is 10.2. The van der Waals surface area contributed by atoms with E-state index in [4.69, 9.17) is 31.5 Å². The summed E-state index contributed by atoms with van der Waals surface area (Å²) in [6.45, 7) is 2.43.